The lowest BCUT2D eigenvalue weighted by Gasteiger charge is -2.19. The molecule has 0 fully saturated rings. The molecule has 0 saturated heterocycles. The van der Waals surface area contributed by atoms with E-state index < -0.39 is 11.8 Å². The first-order valence-electron chi connectivity index (χ1n) is 14.3. The minimum atomic E-state index is -0.695. The number of nitrogens with one attached hydrogen (secondary N) is 3. The molecule has 0 atom stereocenters. The van der Waals surface area contributed by atoms with Crippen LogP contribution in [0.2, 0.25) is 0 Å². The second-order valence-electron chi connectivity index (χ2n) is 11.8. The number of hydrogen-bond donors (Lipinski definition) is 3. The molecule has 45 heavy (non-hydrogen) atoms. The summed E-state index contributed by atoms with van der Waals surface area (Å²) < 4.78 is 18.4. The Morgan fingerprint density at radius 2 is 1.62 bits per heavy atom. The SMILES string of the molecule is CNc1ncc2cc(-c3ccc(F)c(NC(=O)Nc4cnc(C(C)(C)C)nc4-c4ccc5c(ccn5C)c4)c3)c(=O)n(C)c2n1. The monoisotopic (exact) mass is 605 g/mol. The fraction of sp³-hybridized carbons (Fsp3) is 0.212. The number of pyridine rings is 1. The van der Waals surface area contributed by atoms with E-state index in [1.54, 1.807) is 32.6 Å². The average Bonchev–Trinajstić information content (AvgIpc) is 3.39. The van der Waals surface area contributed by atoms with Crippen LogP contribution in [0.25, 0.3) is 44.3 Å². The zero-order valence-electron chi connectivity index (χ0n) is 25.7. The van der Waals surface area contributed by atoms with Gasteiger partial charge in [0.25, 0.3) is 5.56 Å². The molecule has 0 bridgehead atoms. The standard InChI is InChI=1S/C33H32FN9O2/c1-33(2,3)30-36-17-25(27(40-30)20-8-10-26-19(13-20)11-12-42(26)5)39-32(45)38-24-15-18(7-9-23(24)34)22-14-21-16-37-31(35-4)41-28(21)43(6)29(22)44/h7-17H,1-6H3,(H,35,37,41)(H2,38,39,45). The summed E-state index contributed by atoms with van der Waals surface area (Å²) in [6, 6.07) is 13.0. The van der Waals surface area contributed by atoms with Gasteiger partial charge >= 0.3 is 6.03 Å². The van der Waals surface area contributed by atoms with Crippen LogP contribution < -0.4 is 21.5 Å². The Balaban J connectivity index is 1.33. The number of carbonyl (C=O) groups is 1. The van der Waals surface area contributed by atoms with Gasteiger partial charge in [-0.05, 0) is 42.0 Å². The molecule has 0 aliphatic heterocycles. The zero-order valence-corrected chi connectivity index (χ0v) is 25.7. The van der Waals surface area contributed by atoms with Crippen molar-refractivity contribution in [1.29, 1.82) is 0 Å². The van der Waals surface area contributed by atoms with Crippen LogP contribution in [-0.4, -0.2) is 42.1 Å². The minimum Gasteiger partial charge on any atom is -0.357 e. The highest BCUT2D eigenvalue weighted by atomic mass is 19.1. The molecule has 6 rings (SSSR count). The predicted molar refractivity (Wildman–Crippen MR) is 175 cm³/mol. The highest BCUT2D eigenvalue weighted by molar-refractivity contribution is 6.02. The lowest BCUT2D eigenvalue weighted by molar-refractivity contribution is 0.262. The number of aromatic nitrogens is 6. The molecule has 0 unspecified atom stereocenters. The Kier molecular flexibility index (Phi) is 7.27. The van der Waals surface area contributed by atoms with E-state index in [0.29, 0.717) is 45.3 Å². The van der Waals surface area contributed by atoms with Crippen LogP contribution in [0, 0.1) is 5.82 Å². The van der Waals surface area contributed by atoms with Gasteiger partial charge in [0.05, 0.1) is 23.3 Å². The highest BCUT2D eigenvalue weighted by Crippen LogP contribution is 2.32. The third kappa shape index (κ3) is 5.57. The van der Waals surface area contributed by atoms with Crippen molar-refractivity contribution in [2.75, 3.05) is 23.0 Å². The number of amides is 2. The van der Waals surface area contributed by atoms with Crippen LogP contribution in [0.5, 0.6) is 0 Å². The maximum absolute atomic E-state index is 15.0. The number of anilines is 3. The van der Waals surface area contributed by atoms with E-state index in [9.17, 15) is 14.0 Å². The molecule has 11 nitrogen and oxygen atoms in total. The van der Waals surface area contributed by atoms with Gasteiger partial charge in [-0.1, -0.05) is 32.9 Å². The second kappa shape index (κ2) is 11.1. The number of halogens is 1. The molecule has 4 heterocycles. The third-order valence-electron chi connectivity index (χ3n) is 7.56. The smallest absolute Gasteiger partial charge is 0.323 e. The van der Waals surface area contributed by atoms with Crippen molar-refractivity contribution in [3.05, 3.63) is 89.1 Å². The summed E-state index contributed by atoms with van der Waals surface area (Å²) in [7, 11) is 5.27. The Morgan fingerprint density at radius 3 is 2.38 bits per heavy atom. The first-order valence-corrected chi connectivity index (χ1v) is 14.3. The molecule has 0 radical (unpaired) electrons. The van der Waals surface area contributed by atoms with E-state index >= 15 is 0 Å². The second-order valence-corrected chi connectivity index (χ2v) is 11.8. The Morgan fingerprint density at radius 1 is 0.867 bits per heavy atom. The number of carbonyl (C=O) groups excluding carboxylic acids is 1. The number of fused-ring (bicyclic) bond motifs is 2. The van der Waals surface area contributed by atoms with E-state index in [2.05, 4.69) is 30.9 Å². The summed E-state index contributed by atoms with van der Waals surface area (Å²) in [6.07, 6.45) is 5.14. The predicted octanol–water partition coefficient (Wildman–Crippen LogP) is 6.07. The average molecular weight is 606 g/mol. The van der Waals surface area contributed by atoms with Gasteiger partial charge in [-0.2, -0.15) is 4.98 Å². The van der Waals surface area contributed by atoms with Gasteiger partial charge < -0.3 is 20.5 Å². The maximum atomic E-state index is 15.0. The summed E-state index contributed by atoms with van der Waals surface area (Å²) in [5.74, 6) is 0.328. The van der Waals surface area contributed by atoms with Crippen LogP contribution >= 0.6 is 0 Å². The molecule has 4 aromatic heterocycles. The molecule has 2 aromatic carbocycles. The van der Waals surface area contributed by atoms with Crippen LogP contribution in [0.3, 0.4) is 0 Å². The van der Waals surface area contributed by atoms with Gasteiger partial charge in [0.2, 0.25) is 5.95 Å². The van der Waals surface area contributed by atoms with Crippen LogP contribution in [0.4, 0.5) is 26.5 Å². The summed E-state index contributed by atoms with van der Waals surface area (Å²) in [5, 5.41) is 9.89. The van der Waals surface area contributed by atoms with Crippen molar-refractivity contribution < 1.29 is 9.18 Å². The number of urea groups is 1. The first-order chi connectivity index (χ1) is 21.4. The van der Waals surface area contributed by atoms with Crippen molar-refractivity contribution in [3.8, 4) is 22.4 Å². The van der Waals surface area contributed by atoms with Gasteiger partial charge in [0.1, 0.15) is 17.3 Å². The molecule has 3 N–H and O–H groups in total. The lowest BCUT2D eigenvalue weighted by Crippen LogP contribution is -2.23. The number of hydrogen-bond acceptors (Lipinski definition) is 7. The van der Waals surface area contributed by atoms with Crippen LogP contribution in [0.15, 0.2) is 71.9 Å². The van der Waals surface area contributed by atoms with E-state index in [0.717, 1.165) is 16.5 Å². The fourth-order valence-corrected chi connectivity index (χ4v) is 5.12. The summed E-state index contributed by atoms with van der Waals surface area (Å²) >= 11 is 0. The Labute approximate surface area is 258 Å². The lowest BCUT2D eigenvalue weighted by atomic mass is 9.95. The van der Waals surface area contributed by atoms with Gasteiger partial charge in [-0.25, -0.2) is 24.1 Å². The fourth-order valence-electron chi connectivity index (χ4n) is 5.12. The quantitative estimate of drug-likeness (QED) is 0.217. The molecule has 0 saturated carbocycles. The Bertz CT molecular complexity index is 2180. The molecule has 0 spiro atoms. The summed E-state index contributed by atoms with van der Waals surface area (Å²) in [6.45, 7) is 6.03. The largest absolute Gasteiger partial charge is 0.357 e. The highest BCUT2D eigenvalue weighted by Gasteiger charge is 2.22. The topological polar surface area (TPSA) is 132 Å². The van der Waals surface area contributed by atoms with Gasteiger partial charge in [0.15, 0.2) is 0 Å². The number of benzene rings is 2. The summed E-state index contributed by atoms with van der Waals surface area (Å²) in [4.78, 5) is 44.5. The number of rotatable bonds is 5. The van der Waals surface area contributed by atoms with E-state index in [4.69, 9.17) is 4.98 Å². The molecular weight excluding hydrogens is 573 g/mol. The third-order valence-corrected chi connectivity index (χ3v) is 7.56. The van der Waals surface area contributed by atoms with Crippen molar-refractivity contribution in [2.24, 2.45) is 14.1 Å². The Hall–Kier alpha value is -5.65. The van der Waals surface area contributed by atoms with Gasteiger partial charge in [-0.15, -0.1) is 0 Å². The molecule has 12 heteroatoms. The van der Waals surface area contributed by atoms with Crippen molar-refractivity contribution in [2.45, 2.75) is 26.2 Å². The van der Waals surface area contributed by atoms with Crippen LogP contribution in [-0.2, 0) is 19.5 Å². The zero-order chi connectivity index (χ0) is 32.0. The van der Waals surface area contributed by atoms with Gasteiger partial charge in [-0.3, -0.25) is 9.36 Å². The first kappa shape index (κ1) is 29.4. The van der Waals surface area contributed by atoms with E-state index in [-0.39, 0.29) is 16.7 Å². The van der Waals surface area contributed by atoms with Crippen LogP contribution in [0.1, 0.15) is 26.6 Å². The van der Waals surface area contributed by atoms with E-state index in [1.807, 2.05) is 62.8 Å². The normalized spacial score (nSPS) is 11.6. The van der Waals surface area contributed by atoms with Crippen molar-refractivity contribution in [3.63, 3.8) is 0 Å². The number of nitrogens with zero attached hydrogens (tertiary/aromatic N) is 6. The van der Waals surface area contributed by atoms with E-state index in [1.165, 1.54) is 22.8 Å². The maximum Gasteiger partial charge on any atom is 0.323 e. The summed E-state index contributed by atoms with van der Waals surface area (Å²) in [5.41, 5.74) is 3.15. The van der Waals surface area contributed by atoms with Crippen molar-refractivity contribution in [1.82, 2.24) is 29.1 Å². The molecule has 6 aromatic rings. The van der Waals surface area contributed by atoms with Gasteiger partial charge in [0, 0.05) is 66.4 Å². The molecule has 2 amide bonds. The molecule has 0 aliphatic carbocycles. The molecule has 228 valence electrons. The van der Waals surface area contributed by atoms with Crippen molar-refractivity contribution >= 4 is 45.3 Å². The molecular formula is C33H32FN9O2. The number of aryl methyl sites for hydroxylation is 2. The molecule has 0 aliphatic rings. The minimum absolute atomic E-state index is 0.103.